The summed E-state index contributed by atoms with van der Waals surface area (Å²) in [4.78, 5) is 36.6. The molecule has 0 unspecified atom stereocenters. The predicted octanol–water partition coefficient (Wildman–Crippen LogP) is 5.12. The Hall–Kier alpha value is -4.68. The summed E-state index contributed by atoms with van der Waals surface area (Å²) >= 11 is 0. The highest BCUT2D eigenvalue weighted by molar-refractivity contribution is 5.77. The first-order valence-corrected chi connectivity index (χ1v) is 17.3. The highest BCUT2D eigenvalue weighted by Gasteiger charge is 2.39. The van der Waals surface area contributed by atoms with Gasteiger partial charge in [-0.05, 0) is 40.3 Å². The molecule has 6 rings (SSSR count). The number of piperazine rings is 1. The zero-order chi connectivity index (χ0) is 34.9. The lowest BCUT2D eigenvalue weighted by Crippen LogP contribution is -2.51. The molecule has 50 heavy (non-hydrogen) atoms. The lowest BCUT2D eigenvalue weighted by molar-refractivity contribution is -0.276. The maximum absolute atomic E-state index is 12.3. The number of aromatic nitrogens is 2. The van der Waals surface area contributed by atoms with Crippen LogP contribution in [0.5, 0.6) is 0 Å². The Balaban J connectivity index is 1.16. The number of aliphatic hydroxyl groups excluding tert-OH is 1. The number of ether oxygens (including phenoxy) is 2. The van der Waals surface area contributed by atoms with E-state index in [-0.39, 0.29) is 43.5 Å². The molecule has 0 aliphatic carbocycles. The molecular weight excluding hydrogens is 634 g/mol. The van der Waals surface area contributed by atoms with Crippen molar-refractivity contribution < 1.29 is 29.3 Å². The van der Waals surface area contributed by atoms with Gasteiger partial charge in [0.15, 0.2) is 6.29 Å². The summed E-state index contributed by atoms with van der Waals surface area (Å²) in [7, 11) is 0. The maximum atomic E-state index is 12.3. The van der Waals surface area contributed by atoms with Crippen molar-refractivity contribution in [1.82, 2.24) is 20.2 Å². The van der Waals surface area contributed by atoms with Crippen LogP contribution in [0, 0.1) is 5.92 Å². The average Bonchev–Trinajstić information content (AvgIpc) is 3.15. The summed E-state index contributed by atoms with van der Waals surface area (Å²) in [5.74, 6) is -0.230. The fourth-order valence-electron chi connectivity index (χ4n) is 6.63. The number of hydrogen-bond donors (Lipinski definition) is 3. The first-order valence-electron chi connectivity index (χ1n) is 17.3. The third kappa shape index (κ3) is 8.91. The average molecular weight is 680 g/mol. The normalized spacial score (nSPS) is 21.1. The number of carboxylic acids is 1. The summed E-state index contributed by atoms with van der Waals surface area (Å²) in [5, 5.41) is 21.4. The number of anilines is 1. The number of benzene rings is 3. The molecule has 262 valence electrons. The van der Waals surface area contributed by atoms with E-state index in [1.165, 1.54) is 0 Å². The molecule has 11 heteroatoms. The smallest absolute Gasteiger partial charge is 0.303 e. The number of aliphatic carboxylic acids is 1. The molecule has 0 radical (unpaired) electrons. The largest absolute Gasteiger partial charge is 0.481 e. The monoisotopic (exact) mass is 679 g/mol. The molecule has 2 aliphatic heterocycles. The molecule has 2 fully saturated rings. The molecule has 2 saturated heterocycles. The molecule has 3 heterocycles. The predicted molar refractivity (Wildman–Crippen MR) is 189 cm³/mol. The Morgan fingerprint density at radius 3 is 2.26 bits per heavy atom. The van der Waals surface area contributed by atoms with Gasteiger partial charge in [0, 0.05) is 76.0 Å². The summed E-state index contributed by atoms with van der Waals surface area (Å²) in [6, 6.07) is 25.9. The summed E-state index contributed by atoms with van der Waals surface area (Å²) in [6.45, 7) is 6.73. The van der Waals surface area contributed by atoms with Gasteiger partial charge < -0.3 is 29.9 Å². The van der Waals surface area contributed by atoms with Crippen molar-refractivity contribution in [2.24, 2.45) is 5.92 Å². The van der Waals surface area contributed by atoms with Crippen LogP contribution in [0.1, 0.15) is 60.8 Å². The molecule has 1 amide bonds. The number of amides is 1. The molecule has 4 atom stereocenters. The van der Waals surface area contributed by atoms with Gasteiger partial charge in [-0.15, -0.1) is 0 Å². The van der Waals surface area contributed by atoms with Gasteiger partial charge in [0.05, 0.1) is 18.8 Å². The van der Waals surface area contributed by atoms with E-state index in [1.807, 2.05) is 66.7 Å². The fourth-order valence-corrected chi connectivity index (χ4v) is 6.63. The lowest BCUT2D eigenvalue weighted by Gasteiger charge is -2.44. The van der Waals surface area contributed by atoms with Crippen LogP contribution in [0.25, 0.3) is 11.1 Å². The van der Waals surface area contributed by atoms with E-state index < -0.39 is 12.3 Å². The van der Waals surface area contributed by atoms with E-state index in [2.05, 4.69) is 44.1 Å². The Labute approximate surface area is 292 Å². The number of carbonyl (C=O) groups excluding carboxylic acids is 1. The van der Waals surface area contributed by atoms with Crippen molar-refractivity contribution >= 4 is 17.8 Å². The van der Waals surface area contributed by atoms with Crippen LogP contribution < -0.4 is 10.2 Å². The van der Waals surface area contributed by atoms with Gasteiger partial charge in [0.25, 0.3) is 0 Å². The van der Waals surface area contributed by atoms with Gasteiger partial charge in [0.2, 0.25) is 11.9 Å². The molecule has 1 aromatic heterocycles. The third-order valence-electron chi connectivity index (χ3n) is 9.55. The van der Waals surface area contributed by atoms with Gasteiger partial charge in [-0.25, -0.2) is 9.97 Å². The van der Waals surface area contributed by atoms with Crippen LogP contribution >= 0.6 is 0 Å². The van der Waals surface area contributed by atoms with Gasteiger partial charge in [-0.3, -0.25) is 14.5 Å². The Bertz CT molecular complexity index is 1700. The Morgan fingerprint density at radius 2 is 1.56 bits per heavy atom. The van der Waals surface area contributed by atoms with Gasteiger partial charge in [0.1, 0.15) is 0 Å². The lowest BCUT2D eigenvalue weighted by atomic mass is 9.89. The van der Waals surface area contributed by atoms with Gasteiger partial charge in [-0.1, -0.05) is 79.7 Å². The van der Waals surface area contributed by atoms with Crippen LogP contribution in [0.4, 0.5) is 5.95 Å². The second-order valence-corrected chi connectivity index (χ2v) is 13.0. The van der Waals surface area contributed by atoms with E-state index >= 15 is 0 Å². The van der Waals surface area contributed by atoms with Crippen molar-refractivity contribution in [2.75, 3.05) is 37.6 Å². The van der Waals surface area contributed by atoms with E-state index in [4.69, 9.17) is 14.6 Å². The van der Waals surface area contributed by atoms with E-state index in [0.29, 0.717) is 13.0 Å². The number of carboxylic acid groups (broad SMARTS) is 1. The zero-order valence-electron chi connectivity index (χ0n) is 28.4. The Morgan fingerprint density at radius 1 is 0.860 bits per heavy atom. The molecule has 0 spiro atoms. The third-order valence-corrected chi connectivity index (χ3v) is 9.55. The van der Waals surface area contributed by atoms with Crippen LogP contribution in [0.15, 0.2) is 91.3 Å². The minimum absolute atomic E-state index is 0.00957. The number of carbonyl (C=O) groups is 2. The minimum Gasteiger partial charge on any atom is -0.481 e. The summed E-state index contributed by atoms with van der Waals surface area (Å²) < 4.78 is 13.5. The van der Waals surface area contributed by atoms with Crippen LogP contribution in [0.3, 0.4) is 0 Å². The molecular formula is C39H45N5O6. The number of rotatable bonds is 13. The SMILES string of the molecule is C[C@H]1[C@@H](CN2CCN(c3ncccn3)CC2)O[C@@H](c2ccc(-c3ccccc3CNC(=O)CCCC(=O)O)cc2)O[C@H]1c1ccc(CO)cc1. The van der Waals surface area contributed by atoms with Gasteiger partial charge >= 0.3 is 5.97 Å². The Kier molecular flexibility index (Phi) is 11.8. The zero-order valence-corrected chi connectivity index (χ0v) is 28.4. The highest BCUT2D eigenvalue weighted by atomic mass is 16.7. The summed E-state index contributed by atoms with van der Waals surface area (Å²) in [6.07, 6.45) is 3.15. The first-order chi connectivity index (χ1) is 24.4. The van der Waals surface area contributed by atoms with Crippen molar-refractivity contribution in [3.63, 3.8) is 0 Å². The molecule has 0 saturated carbocycles. The topological polar surface area (TPSA) is 137 Å². The highest BCUT2D eigenvalue weighted by Crippen LogP contribution is 2.42. The molecule has 11 nitrogen and oxygen atoms in total. The van der Waals surface area contributed by atoms with Crippen LogP contribution in [-0.2, 0) is 32.2 Å². The molecule has 4 aromatic rings. The second kappa shape index (κ2) is 16.8. The van der Waals surface area contributed by atoms with Crippen molar-refractivity contribution in [1.29, 1.82) is 0 Å². The number of aliphatic hydroxyl groups is 1. The second-order valence-electron chi connectivity index (χ2n) is 13.0. The first kappa shape index (κ1) is 35.2. The quantitative estimate of drug-likeness (QED) is 0.175. The fraction of sp³-hybridized carbons (Fsp3) is 0.385. The number of hydrogen-bond acceptors (Lipinski definition) is 9. The number of nitrogens with one attached hydrogen (secondary N) is 1. The van der Waals surface area contributed by atoms with Crippen molar-refractivity contribution in [2.45, 2.75) is 57.8 Å². The van der Waals surface area contributed by atoms with Crippen molar-refractivity contribution in [3.8, 4) is 11.1 Å². The summed E-state index contributed by atoms with van der Waals surface area (Å²) in [5.41, 5.74) is 5.80. The molecule has 0 bridgehead atoms. The van der Waals surface area contributed by atoms with Crippen LogP contribution in [-0.4, -0.2) is 75.8 Å². The molecule has 3 aromatic carbocycles. The van der Waals surface area contributed by atoms with Crippen molar-refractivity contribution in [3.05, 3.63) is 114 Å². The van der Waals surface area contributed by atoms with Gasteiger partial charge in [-0.2, -0.15) is 0 Å². The van der Waals surface area contributed by atoms with Crippen LogP contribution in [0.2, 0.25) is 0 Å². The standard InChI is InChI=1S/C39H45N5O6/c1-27-34(25-43-20-22-44(23-21-43)39-40-18-5-19-41-39)49-38(50-37(27)30-12-10-28(26-45)11-13-30)31-16-14-29(15-17-31)33-7-3-2-6-32(33)24-42-35(46)8-4-9-36(47)48/h2-3,5-7,10-19,27,34,37-38,45H,4,8-9,20-26H2,1H3,(H,42,46)(H,47,48)/t27-,34+,37+,38+/m0/s1. The number of nitrogens with zero attached hydrogens (tertiary/aromatic N) is 4. The maximum Gasteiger partial charge on any atom is 0.303 e. The molecule has 3 N–H and O–H groups in total. The van der Waals surface area contributed by atoms with E-state index in [9.17, 15) is 14.7 Å². The molecule has 2 aliphatic rings. The minimum atomic E-state index is -0.901. The van der Waals surface area contributed by atoms with E-state index in [0.717, 1.165) is 72.1 Å². The van der Waals surface area contributed by atoms with E-state index in [1.54, 1.807) is 12.4 Å².